The Bertz CT molecular complexity index is 809. The molecule has 0 N–H and O–H groups in total. The second kappa shape index (κ2) is 7.55. The number of ketones is 1. The van der Waals surface area contributed by atoms with Crippen LogP contribution < -0.4 is 0 Å². The molecule has 1 aliphatic rings. The highest BCUT2D eigenvalue weighted by Gasteiger charge is 2.20. The molecule has 1 saturated heterocycles. The van der Waals surface area contributed by atoms with Gasteiger partial charge in [0.2, 0.25) is 0 Å². The fourth-order valence-corrected chi connectivity index (χ4v) is 3.57. The molecule has 1 aliphatic heterocycles. The van der Waals surface area contributed by atoms with Gasteiger partial charge < -0.3 is 4.57 Å². The smallest absolute Gasteiger partial charge is 0.178 e. The summed E-state index contributed by atoms with van der Waals surface area (Å²) in [5.74, 6) is 0.187. The highest BCUT2D eigenvalue weighted by molar-refractivity contribution is 5.99. The summed E-state index contributed by atoms with van der Waals surface area (Å²) in [6.07, 6.45) is 3.64. The fraction of sp³-hybridized carbons (Fsp3) is 0.421. The van der Waals surface area contributed by atoms with Gasteiger partial charge in [-0.1, -0.05) is 23.7 Å². The van der Waals surface area contributed by atoms with Crippen molar-refractivity contribution in [3.8, 4) is 5.69 Å². The molecule has 6 nitrogen and oxygen atoms in total. The summed E-state index contributed by atoms with van der Waals surface area (Å²) in [7, 11) is 0. The van der Waals surface area contributed by atoms with E-state index >= 15 is 0 Å². The van der Waals surface area contributed by atoms with Crippen molar-refractivity contribution in [1.29, 1.82) is 0 Å². The molecule has 0 aliphatic carbocycles. The summed E-state index contributed by atoms with van der Waals surface area (Å²) in [5.41, 5.74) is 12.8. The minimum Gasteiger partial charge on any atom is -0.318 e. The van der Waals surface area contributed by atoms with Gasteiger partial charge in [0.1, 0.15) is 0 Å². The molecule has 0 radical (unpaired) electrons. The van der Waals surface area contributed by atoms with Crippen molar-refractivity contribution in [2.45, 2.75) is 33.1 Å². The van der Waals surface area contributed by atoms with Gasteiger partial charge in [0.05, 0.1) is 6.54 Å². The number of aryl methyl sites for hydroxylation is 1. The van der Waals surface area contributed by atoms with E-state index in [1.807, 2.05) is 32.0 Å². The molecule has 0 atom stereocenters. The van der Waals surface area contributed by atoms with Gasteiger partial charge in [0, 0.05) is 33.2 Å². The zero-order valence-electron chi connectivity index (χ0n) is 14.8. The van der Waals surface area contributed by atoms with E-state index in [1.165, 1.54) is 19.3 Å². The van der Waals surface area contributed by atoms with E-state index in [1.54, 1.807) is 12.1 Å². The number of hydrogen-bond acceptors (Lipinski definition) is 3. The standard InChI is InChI=1S/C19H23N5O/c1-14-12-18(19(25)13-23-10-4-3-5-11-23)15(2)24(14)17-8-6-16(7-9-17)21-22-20/h6-9,12H,3-5,10-11,13H2,1-2H3. The van der Waals surface area contributed by atoms with E-state index in [-0.39, 0.29) is 5.78 Å². The molecule has 0 bridgehead atoms. The van der Waals surface area contributed by atoms with Crippen LogP contribution in [0.5, 0.6) is 0 Å². The Labute approximate surface area is 147 Å². The molecule has 0 spiro atoms. The molecular formula is C19H23N5O. The highest BCUT2D eigenvalue weighted by atomic mass is 16.1. The minimum absolute atomic E-state index is 0.187. The van der Waals surface area contributed by atoms with Crippen LogP contribution >= 0.6 is 0 Å². The Kier molecular flexibility index (Phi) is 5.22. The Hall–Kier alpha value is -2.56. The molecule has 0 unspecified atom stereocenters. The Morgan fingerprint density at radius 3 is 2.48 bits per heavy atom. The number of carbonyl (C=O) groups excluding carboxylic acids is 1. The summed E-state index contributed by atoms with van der Waals surface area (Å²) in [6.45, 7) is 6.53. The number of rotatable bonds is 5. The molecule has 6 heteroatoms. The third-order valence-corrected chi connectivity index (χ3v) is 4.82. The lowest BCUT2D eigenvalue weighted by Crippen LogP contribution is -2.34. The molecule has 3 rings (SSSR count). The molecule has 1 fully saturated rings. The topological polar surface area (TPSA) is 74.0 Å². The van der Waals surface area contributed by atoms with E-state index in [4.69, 9.17) is 5.53 Å². The van der Waals surface area contributed by atoms with Crippen molar-refractivity contribution < 1.29 is 4.79 Å². The number of aromatic nitrogens is 1. The van der Waals surface area contributed by atoms with Crippen LogP contribution in [-0.4, -0.2) is 34.9 Å². The molecule has 0 amide bonds. The maximum absolute atomic E-state index is 12.8. The van der Waals surface area contributed by atoms with Crippen molar-refractivity contribution >= 4 is 11.5 Å². The summed E-state index contributed by atoms with van der Waals surface area (Å²) in [6, 6.07) is 9.35. The van der Waals surface area contributed by atoms with Crippen molar-refractivity contribution in [3.63, 3.8) is 0 Å². The van der Waals surface area contributed by atoms with E-state index in [9.17, 15) is 4.79 Å². The van der Waals surface area contributed by atoms with Gasteiger partial charge >= 0.3 is 0 Å². The predicted octanol–water partition coefficient (Wildman–Crippen LogP) is 4.70. The summed E-state index contributed by atoms with van der Waals surface area (Å²) in [5, 5.41) is 3.60. The van der Waals surface area contributed by atoms with E-state index in [0.29, 0.717) is 12.2 Å². The van der Waals surface area contributed by atoms with Gasteiger partial charge in [0.15, 0.2) is 5.78 Å². The first kappa shape index (κ1) is 17.3. The number of piperidine rings is 1. The van der Waals surface area contributed by atoms with Crippen LogP contribution in [0.3, 0.4) is 0 Å². The van der Waals surface area contributed by atoms with Crippen molar-refractivity contribution in [3.05, 3.63) is 57.7 Å². The van der Waals surface area contributed by atoms with Gasteiger partial charge in [-0.2, -0.15) is 0 Å². The maximum atomic E-state index is 12.8. The predicted molar refractivity (Wildman–Crippen MR) is 98.7 cm³/mol. The molecule has 2 aromatic rings. The van der Waals surface area contributed by atoms with Gasteiger partial charge in [-0.15, -0.1) is 0 Å². The number of Topliss-reactive ketones (excluding diaryl/α,β-unsaturated/α-hetero) is 1. The normalized spacial score (nSPS) is 15.0. The summed E-state index contributed by atoms with van der Waals surface area (Å²) in [4.78, 5) is 17.8. The van der Waals surface area contributed by atoms with Crippen LogP contribution in [0.1, 0.15) is 41.0 Å². The van der Waals surface area contributed by atoms with E-state index in [2.05, 4.69) is 19.5 Å². The molecule has 130 valence electrons. The van der Waals surface area contributed by atoms with Gasteiger partial charge in [-0.25, -0.2) is 0 Å². The van der Waals surface area contributed by atoms with Gasteiger partial charge in [-0.05, 0) is 63.5 Å². The second-order valence-electron chi connectivity index (χ2n) is 6.59. The Balaban J connectivity index is 1.84. The van der Waals surface area contributed by atoms with Crippen LogP contribution in [0.4, 0.5) is 5.69 Å². The van der Waals surface area contributed by atoms with Crippen LogP contribution in [0.15, 0.2) is 35.4 Å². The fourth-order valence-electron chi connectivity index (χ4n) is 3.57. The lowest BCUT2D eigenvalue weighted by Gasteiger charge is -2.25. The monoisotopic (exact) mass is 337 g/mol. The van der Waals surface area contributed by atoms with E-state index < -0.39 is 0 Å². The first-order valence-corrected chi connectivity index (χ1v) is 8.70. The summed E-state index contributed by atoms with van der Waals surface area (Å²) >= 11 is 0. The lowest BCUT2D eigenvalue weighted by molar-refractivity contribution is 0.0915. The third kappa shape index (κ3) is 3.76. The second-order valence-corrected chi connectivity index (χ2v) is 6.59. The lowest BCUT2D eigenvalue weighted by atomic mass is 10.1. The number of nitrogens with zero attached hydrogens (tertiary/aromatic N) is 5. The SMILES string of the molecule is Cc1cc(C(=O)CN2CCCCC2)c(C)n1-c1ccc(N=[N+]=[N-])cc1. The number of carbonyl (C=O) groups is 1. The first-order valence-electron chi connectivity index (χ1n) is 8.70. The van der Waals surface area contributed by atoms with Crippen LogP contribution in [0.2, 0.25) is 0 Å². The van der Waals surface area contributed by atoms with Crippen LogP contribution in [0, 0.1) is 13.8 Å². The van der Waals surface area contributed by atoms with Crippen molar-refractivity contribution in [1.82, 2.24) is 9.47 Å². The van der Waals surface area contributed by atoms with Crippen molar-refractivity contribution in [2.24, 2.45) is 5.11 Å². The Morgan fingerprint density at radius 1 is 1.16 bits per heavy atom. The van der Waals surface area contributed by atoms with Gasteiger partial charge in [0.25, 0.3) is 0 Å². The Morgan fingerprint density at radius 2 is 1.84 bits per heavy atom. The number of azide groups is 1. The van der Waals surface area contributed by atoms with Gasteiger partial charge in [-0.3, -0.25) is 9.69 Å². The summed E-state index contributed by atoms with van der Waals surface area (Å²) < 4.78 is 2.07. The molecule has 25 heavy (non-hydrogen) atoms. The largest absolute Gasteiger partial charge is 0.318 e. The van der Waals surface area contributed by atoms with E-state index in [0.717, 1.165) is 35.7 Å². The number of hydrogen-bond donors (Lipinski definition) is 0. The molecule has 0 saturated carbocycles. The number of likely N-dealkylation sites (tertiary alicyclic amines) is 1. The van der Waals surface area contributed by atoms with Crippen LogP contribution in [0.25, 0.3) is 16.1 Å². The van der Waals surface area contributed by atoms with Crippen LogP contribution in [-0.2, 0) is 0 Å². The quantitative estimate of drug-likeness (QED) is 0.343. The first-order chi connectivity index (χ1) is 12.1. The molecule has 2 heterocycles. The average molecular weight is 337 g/mol. The number of benzene rings is 1. The molecule has 1 aromatic carbocycles. The molecule has 1 aromatic heterocycles. The van der Waals surface area contributed by atoms with Crippen molar-refractivity contribution in [2.75, 3.05) is 19.6 Å². The average Bonchev–Trinajstić information content (AvgIpc) is 2.92. The zero-order valence-corrected chi connectivity index (χ0v) is 14.8. The third-order valence-electron chi connectivity index (χ3n) is 4.82. The zero-order chi connectivity index (χ0) is 17.8. The highest BCUT2D eigenvalue weighted by Crippen LogP contribution is 2.24. The minimum atomic E-state index is 0.187. The molecular weight excluding hydrogens is 314 g/mol. The maximum Gasteiger partial charge on any atom is 0.178 e.